The van der Waals surface area contributed by atoms with Crippen LogP contribution in [0.5, 0.6) is 0 Å². The van der Waals surface area contributed by atoms with E-state index in [1.807, 2.05) is 6.92 Å². The number of Topliss-reactive ketones (excluding diaryl/α,β-unsaturated/α-hetero) is 1. The SMILES string of the molecule is CC(=O)C12C3C4C1C1C2C3C41C. The van der Waals surface area contributed by atoms with E-state index in [0.717, 1.165) is 40.9 Å². The summed E-state index contributed by atoms with van der Waals surface area (Å²) in [6, 6.07) is 0. The molecule has 6 saturated carbocycles. The van der Waals surface area contributed by atoms with Crippen molar-refractivity contribution in [2.24, 2.45) is 46.3 Å². The maximum atomic E-state index is 11.5. The van der Waals surface area contributed by atoms with Crippen LogP contribution >= 0.6 is 0 Å². The number of carbonyl (C=O) groups excluding carboxylic acids is 1. The third kappa shape index (κ3) is 0.169. The van der Waals surface area contributed by atoms with Gasteiger partial charge in [-0.05, 0) is 47.8 Å². The lowest BCUT2D eigenvalue weighted by Crippen LogP contribution is -3.10. The van der Waals surface area contributed by atoms with Crippen LogP contribution in [-0.4, -0.2) is 5.78 Å². The second-order valence-corrected chi connectivity index (χ2v) is 6.01. The molecule has 0 unspecified atom stereocenters. The molecule has 0 bridgehead atoms. The number of hydrogen-bond donors (Lipinski definition) is 0. The van der Waals surface area contributed by atoms with E-state index in [1.165, 1.54) is 0 Å². The van der Waals surface area contributed by atoms with Crippen LogP contribution in [-0.2, 0) is 4.79 Å². The molecule has 6 rings (SSSR count). The summed E-state index contributed by atoms with van der Waals surface area (Å²) in [5, 5.41) is 0. The average Bonchev–Trinajstić information content (AvgIpc) is 2.04. The Kier molecular flexibility index (Phi) is 0.422. The lowest BCUT2D eigenvalue weighted by molar-refractivity contribution is -0.636. The molecule has 0 aromatic rings. The maximum absolute atomic E-state index is 11.5. The van der Waals surface area contributed by atoms with Crippen LogP contribution in [0.4, 0.5) is 0 Å². The molecule has 0 amide bonds. The Morgan fingerprint density at radius 2 is 1.42 bits per heavy atom. The summed E-state index contributed by atoms with van der Waals surface area (Å²) in [5.41, 5.74) is 1.08. The summed E-state index contributed by atoms with van der Waals surface area (Å²) in [6.45, 7) is 4.31. The molecule has 0 N–H and O–H groups in total. The smallest absolute Gasteiger partial charge is 0.136 e. The standard InChI is InChI=1S/C11H12O/c1-3(12)11-7-4-8(11)6-9(11)5(7)10(4,6)2/h4-9H,1-2H3. The van der Waals surface area contributed by atoms with Crippen LogP contribution in [0.25, 0.3) is 0 Å². The fourth-order valence-electron chi connectivity index (χ4n) is 6.77. The van der Waals surface area contributed by atoms with Gasteiger partial charge in [0.15, 0.2) is 0 Å². The molecule has 0 heterocycles. The van der Waals surface area contributed by atoms with E-state index in [4.69, 9.17) is 0 Å². The quantitative estimate of drug-likeness (QED) is 0.565. The van der Waals surface area contributed by atoms with Crippen molar-refractivity contribution >= 4 is 5.78 Å². The number of hydrogen-bond acceptors (Lipinski definition) is 1. The van der Waals surface area contributed by atoms with Crippen molar-refractivity contribution in [3.05, 3.63) is 0 Å². The van der Waals surface area contributed by atoms with Crippen molar-refractivity contribution in [3.63, 3.8) is 0 Å². The van der Waals surface area contributed by atoms with Crippen molar-refractivity contribution in [3.8, 4) is 0 Å². The van der Waals surface area contributed by atoms with Crippen LogP contribution in [0, 0.1) is 46.3 Å². The summed E-state index contributed by atoms with van der Waals surface area (Å²) < 4.78 is 0. The normalized spacial score (nSPS) is 88.2. The maximum Gasteiger partial charge on any atom is 0.136 e. The highest BCUT2D eigenvalue weighted by Gasteiger charge is 3.09. The molecule has 6 aliphatic rings. The summed E-state index contributed by atoms with van der Waals surface area (Å²) in [4.78, 5) is 11.5. The van der Waals surface area contributed by atoms with Crippen molar-refractivity contribution < 1.29 is 4.79 Å². The van der Waals surface area contributed by atoms with Gasteiger partial charge in [0.05, 0.1) is 0 Å². The molecule has 0 aliphatic heterocycles. The predicted molar refractivity (Wildman–Crippen MR) is 42.2 cm³/mol. The molecular weight excluding hydrogens is 148 g/mol. The van der Waals surface area contributed by atoms with Gasteiger partial charge in [-0.25, -0.2) is 0 Å². The highest BCUT2D eigenvalue weighted by Crippen LogP contribution is 3.10. The van der Waals surface area contributed by atoms with Crippen LogP contribution in [0.3, 0.4) is 0 Å². The molecule has 6 aliphatic carbocycles. The zero-order chi connectivity index (χ0) is 8.04. The first-order chi connectivity index (χ1) is 5.68. The van der Waals surface area contributed by atoms with E-state index >= 15 is 0 Å². The average molecular weight is 160 g/mol. The fourth-order valence-corrected chi connectivity index (χ4v) is 6.77. The largest absolute Gasteiger partial charge is 0.299 e. The molecule has 12 heavy (non-hydrogen) atoms. The molecule has 0 aromatic carbocycles. The summed E-state index contributed by atoms with van der Waals surface area (Å²) in [7, 11) is 0. The number of rotatable bonds is 1. The third-order valence-corrected chi connectivity index (χ3v) is 6.74. The Morgan fingerprint density at radius 3 is 1.75 bits per heavy atom. The minimum absolute atomic E-state index is 0.303. The molecule has 0 saturated heterocycles. The Morgan fingerprint density at radius 1 is 1.00 bits per heavy atom. The molecule has 0 aromatic heterocycles. The first kappa shape index (κ1) is 5.41. The predicted octanol–water partition coefficient (Wildman–Crippen LogP) is 1.33. The zero-order valence-corrected chi connectivity index (χ0v) is 7.37. The second-order valence-electron chi connectivity index (χ2n) is 6.01. The first-order valence-corrected chi connectivity index (χ1v) is 5.19. The van der Waals surface area contributed by atoms with Gasteiger partial charge in [0.1, 0.15) is 5.78 Å². The topological polar surface area (TPSA) is 17.1 Å². The lowest BCUT2D eigenvalue weighted by atomic mass is 8.92. The molecule has 6 fully saturated rings. The van der Waals surface area contributed by atoms with Crippen molar-refractivity contribution in [2.45, 2.75) is 13.8 Å². The molecule has 1 heteroatoms. The van der Waals surface area contributed by atoms with Crippen LogP contribution in [0.2, 0.25) is 0 Å². The van der Waals surface area contributed by atoms with E-state index in [2.05, 4.69) is 6.92 Å². The molecule has 0 spiro atoms. The van der Waals surface area contributed by atoms with Gasteiger partial charge in [-0.15, -0.1) is 0 Å². The molecule has 0 radical (unpaired) electrons. The fraction of sp³-hybridized carbons (Fsp3) is 0.909. The van der Waals surface area contributed by atoms with Gasteiger partial charge < -0.3 is 0 Å². The van der Waals surface area contributed by atoms with Crippen molar-refractivity contribution in [1.29, 1.82) is 0 Å². The summed E-state index contributed by atoms with van der Waals surface area (Å²) in [5.74, 6) is 6.25. The minimum atomic E-state index is 0.303. The van der Waals surface area contributed by atoms with Gasteiger partial charge in [0.2, 0.25) is 0 Å². The molecular formula is C11H12O. The van der Waals surface area contributed by atoms with Gasteiger partial charge in [0.25, 0.3) is 0 Å². The molecule has 62 valence electrons. The Labute approximate surface area is 71.5 Å². The lowest BCUT2D eigenvalue weighted by Gasteiger charge is -3.11. The third-order valence-electron chi connectivity index (χ3n) is 6.74. The van der Waals surface area contributed by atoms with Gasteiger partial charge in [-0.1, -0.05) is 6.92 Å². The van der Waals surface area contributed by atoms with Crippen LogP contribution in [0.1, 0.15) is 13.8 Å². The van der Waals surface area contributed by atoms with E-state index in [-0.39, 0.29) is 0 Å². The molecule has 0 atom stereocenters. The van der Waals surface area contributed by atoms with E-state index < -0.39 is 0 Å². The van der Waals surface area contributed by atoms with Gasteiger partial charge >= 0.3 is 0 Å². The Balaban J connectivity index is 1.75. The van der Waals surface area contributed by atoms with E-state index in [0.29, 0.717) is 11.2 Å². The van der Waals surface area contributed by atoms with Gasteiger partial charge in [0, 0.05) is 5.41 Å². The summed E-state index contributed by atoms with van der Waals surface area (Å²) >= 11 is 0. The van der Waals surface area contributed by atoms with Crippen LogP contribution < -0.4 is 0 Å². The Bertz CT molecular complexity index is 314. The van der Waals surface area contributed by atoms with Crippen LogP contribution in [0.15, 0.2) is 0 Å². The van der Waals surface area contributed by atoms with Crippen molar-refractivity contribution in [1.82, 2.24) is 0 Å². The van der Waals surface area contributed by atoms with E-state index in [1.54, 1.807) is 0 Å². The van der Waals surface area contributed by atoms with Gasteiger partial charge in [-0.2, -0.15) is 0 Å². The molecule has 1 nitrogen and oxygen atoms in total. The number of ketones is 1. The highest BCUT2D eigenvalue weighted by molar-refractivity contribution is 5.92. The minimum Gasteiger partial charge on any atom is -0.299 e. The highest BCUT2D eigenvalue weighted by atomic mass is 16.1. The second kappa shape index (κ2) is 0.935. The van der Waals surface area contributed by atoms with E-state index in [9.17, 15) is 4.79 Å². The Hall–Kier alpha value is -0.330. The van der Waals surface area contributed by atoms with Crippen molar-refractivity contribution in [2.75, 3.05) is 0 Å². The monoisotopic (exact) mass is 160 g/mol. The number of carbonyl (C=O) groups is 1. The summed E-state index contributed by atoms with van der Waals surface area (Å²) in [6.07, 6.45) is 0. The zero-order valence-electron chi connectivity index (χ0n) is 7.37. The van der Waals surface area contributed by atoms with Gasteiger partial charge in [-0.3, -0.25) is 4.79 Å². The first-order valence-electron chi connectivity index (χ1n) is 5.19.